The van der Waals surface area contributed by atoms with E-state index < -0.39 is 38.3 Å². The molecule has 1 atom stereocenters. The zero-order chi connectivity index (χ0) is 22.2. The van der Waals surface area contributed by atoms with Crippen LogP contribution in [0.5, 0.6) is 0 Å². The predicted molar refractivity (Wildman–Crippen MR) is 104 cm³/mol. The number of rotatable bonds is 4. The van der Waals surface area contributed by atoms with E-state index in [-0.39, 0.29) is 6.54 Å². The van der Waals surface area contributed by atoms with Crippen LogP contribution < -0.4 is 0 Å². The molecule has 0 aliphatic carbocycles. The van der Waals surface area contributed by atoms with Crippen LogP contribution >= 0.6 is 0 Å². The van der Waals surface area contributed by atoms with Crippen molar-refractivity contribution in [3.63, 3.8) is 0 Å². The number of benzene rings is 2. The van der Waals surface area contributed by atoms with Gasteiger partial charge in [0.25, 0.3) is 0 Å². The van der Waals surface area contributed by atoms with Gasteiger partial charge in [0.15, 0.2) is 5.82 Å². The van der Waals surface area contributed by atoms with Gasteiger partial charge < -0.3 is 0 Å². The highest BCUT2D eigenvalue weighted by Crippen LogP contribution is 2.38. The molecule has 1 N–H and O–H groups in total. The van der Waals surface area contributed by atoms with Crippen molar-refractivity contribution in [3.8, 4) is 17.5 Å². The quantitative estimate of drug-likeness (QED) is 0.654. The Morgan fingerprint density at radius 1 is 1.16 bits per heavy atom. The van der Waals surface area contributed by atoms with Crippen molar-refractivity contribution >= 4 is 10.0 Å². The van der Waals surface area contributed by atoms with Crippen LogP contribution in [0.2, 0.25) is 0 Å². The van der Waals surface area contributed by atoms with Crippen LogP contribution in [0.1, 0.15) is 35.8 Å². The van der Waals surface area contributed by atoms with Crippen molar-refractivity contribution in [2.24, 2.45) is 0 Å². The largest absolute Gasteiger partial charge is 0.417 e. The summed E-state index contributed by atoms with van der Waals surface area (Å²) in [5.41, 5.74) is -1.16. The van der Waals surface area contributed by atoms with Gasteiger partial charge in [-0.15, -0.1) is 0 Å². The maximum absolute atomic E-state index is 13.3. The molecule has 7 nitrogen and oxygen atoms in total. The third-order valence-electron chi connectivity index (χ3n) is 5.08. The first-order chi connectivity index (χ1) is 14.7. The maximum Gasteiger partial charge on any atom is 0.417 e. The fourth-order valence-electron chi connectivity index (χ4n) is 3.59. The third kappa shape index (κ3) is 3.92. The first-order valence-electron chi connectivity index (χ1n) is 9.33. The molecule has 1 aromatic heterocycles. The lowest BCUT2D eigenvalue weighted by Crippen LogP contribution is -2.31. The van der Waals surface area contributed by atoms with Crippen molar-refractivity contribution in [2.45, 2.75) is 30.0 Å². The molecule has 0 unspecified atom stereocenters. The lowest BCUT2D eigenvalue weighted by molar-refractivity contribution is -0.137. The van der Waals surface area contributed by atoms with Crippen molar-refractivity contribution in [1.82, 2.24) is 19.5 Å². The fraction of sp³-hybridized carbons (Fsp3) is 0.250. The number of nitrogens with zero attached hydrogens (tertiary/aromatic N) is 4. The first-order valence-corrected chi connectivity index (χ1v) is 10.8. The monoisotopic (exact) mass is 447 g/mol. The van der Waals surface area contributed by atoms with Gasteiger partial charge in [0.05, 0.1) is 28.1 Å². The molecule has 160 valence electrons. The molecule has 31 heavy (non-hydrogen) atoms. The van der Waals surface area contributed by atoms with Crippen LogP contribution in [0.3, 0.4) is 0 Å². The lowest BCUT2D eigenvalue weighted by atomic mass is 10.1. The molecule has 11 heteroatoms. The van der Waals surface area contributed by atoms with E-state index in [9.17, 15) is 21.6 Å². The Balaban J connectivity index is 1.69. The topological polar surface area (TPSA) is 103 Å². The molecular weight excluding hydrogens is 431 g/mol. The van der Waals surface area contributed by atoms with E-state index in [2.05, 4.69) is 15.2 Å². The summed E-state index contributed by atoms with van der Waals surface area (Å²) in [7, 11) is -4.26. The lowest BCUT2D eigenvalue weighted by Gasteiger charge is -2.23. The maximum atomic E-state index is 13.3. The molecule has 0 saturated carbocycles. The Morgan fingerprint density at radius 2 is 1.90 bits per heavy atom. The fourth-order valence-corrected chi connectivity index (χ4v) is 5.28. The minimum absolute atomic E-state index is 0.135. The summed E-state index contributed by atoms with van der Waals surface area (Å²) in [6, 6.07) is 12.3. The number of sulfonamides is 1. The normalized spacial score (nSPS) is 17.5. The molecule has 0 bridgehead atoms. The molecule has 4 rings (SSSR count). The molecule has 1 aliphatic rings. The van der Waals surface area contributed by atoms with E-state index in [1.54, 1.807) is 0 Å². The Bertz CT molecular complexity index is 1250. The van der Waals surface area contributed by atoms with Gasteiger partial charge in [-0.25, -0.2) is 13.4 Å². The van der Waals surface area contributed by atoms with E-state index in [4.69, 9.17) is 5.26 Å². The average molecular weight is 447 g/mol. The molecular formula is C20H16F3N5O2S. The first kappa shape index (κ1) is 21.0. The van der Waals surface area contributed by atoms with Gasteiger partial charge in [-0.1, -0.05) is 30.3 Å². The summed E-state index contributed by atoms with van der Waals surface area (Å²) in [6.07, 6.45) is -3.88. The molecule has 1 aliphatic heterocycles. The number of aromatic amines is 1. The molecule has 0 spiro atoms. The highest BCUT2D eigenvalue weighted by molar-refractivity contribution is 7.89. The number of nitrogens with one attached hydrogen (secondary N) is 1. The van der Waals surface area contributed by atoms with Crippen LogP contribution in [0.15, 0.2) is 53.4 Å². The summed E-state index contributed by atoms with van der Waals surface area (Å²) in [4.78, 5) is 3.89. The van der Waals surface area contributed by atoms with Crippen molar-refractivity contribution in [3.05, 3.63) is 65.5 Å². The Kier molecular flexibility index (Phi) is 5.28. The van der Waals surface area contributed by atoms with E-state index in [0.29, 0.717) is 30.6 Å². The third-order valence-corrected chi connectivity index (χ3v) is 6.98. The number of alkyl halides is 3. The van der Waals surface area contributed by atoms with Gasteiger partial charge in [-0.2, -0.15) is 27.8 Å². The van der Waals surface area contributed by atoms with Gasteiger partial charge in [0, 0.05) is 12.1 Å². The van der Waals surface area contributed by atoms with Gasteiger partial charge in [-0.05, 0) is 31.0 Å². The molecule has 2 heterocycles. The highest BCUT2D eigenvalue weighted by Gasteiger charge is 2.40. The standard InChI is InChI=1S/C20H16F3N5O2S/c21-20(22,23)16-11-15(9-8-14(16)12-24)31(29,30)28-10-4-7-17(28)19-25-18(26-27-19)13-5-2-1-3-6-13/h1-3,5-6,8-9,11,17H,4,7,10H2,(H,25,26,27)/t17-/m0/s1. The Labute approximate surface area is 176 Å². The minimum Gasteiger partial charge on any atom is -0.261 e. The molecule has 0 amide bonds. The SMILES string of the molecule is N#Cc1ccc(S(=O)(=O)N2CCC[C@H]2c2nc(-c3ccccc3)n[nH]2)cc1C(F)(F)F. The summed E-state index contributed by atoms with van der Waals surface area (Å²) >= 11 is 0. The summed E-state index contributed by atoms with van der Waals surface area (Å²) in [6.45, 7) is 0.135. The number of hydrogen-bond donors (Lipinski definition) is 1. The smallest absolute Gasteiger partial charge is 0.261 e. The second-order valence-corrected chi connectivity index (χ2v) is 8.89. The van der Waals surface area contributed by atoms with Gasteiger partial charge in [0.1, 0.15) is 5.82 Å². The average Bonchev–Trinajstić information content (AvgIpc) is 3.43. The van der Waals surface area contributed by atoms with E-state index in [1.807, 2.05) is 30.3 Å². The minimum atomic E-state index is -4.85. The van der Waals surface area contributed by atoms with E-state index in [0.717, 1.165) is 22.0 Å². The molecule has 1 fully saturated rings. The number of aromatic nitrogens is 3. The Morgan fingerprint density at radius 3 is 2.58 bits per heavy atom. The molecule has 0 radical (unpaired) electrons. The van der Waals surface area contributed by atoms with Crippen LogP contribution in [0, 0.1) is 11.3 Å². The number of halogens is 3. The second kappa shape index (κ2) is 7.79. The molecule has 1 saturated heterocycles. The van der Waals surface area contributed by atoms with Gasteiger partial charge in [-0.3, -0.25) is 5.10 Å². The van der Waals surface area contributed by atoms with Gasteiger partial charge >= 0.3 is 6.18 Å². The zero-order valence-corrected chi connectivity index (χ0v) is 16.8. The second-order valence-electron chi connectivity index (χ2n) is 7.00. The predicted octanol–water partition coefficient (Wildman–Crippen LogP) is 3.89. The molecule has 2 aromatic carbocycles. The summed E-state index contributed by atoms with van der Waals surface area (Å²) < 4.78 is 67.4. The van der Waals surface area contributed by atoms with E-state index >= 15 is 0 Å². The number of hydrogen-bond acceptors (Lipinski definition) is 5. The van der Waals surface area contributed by atoms with E-state index in [1.165, 1.54) is 6.07 Å². The zero-order valence-electron chi connectivity index (χ0n) is 16.0. The van der Waals surface area contributed by atoms with Crippen molar-refractivity contribution < 1.29 is 21.6 Å². The number of nitriles is 1. The Hall–Kier alpha value is -3.23. The van der Waals surface area contributed by atoms with Crippen molar-refractivity contribution in [2.75, 3.05) is 6.54 Å². The van der Waals surface area contributed by atoms with Gasteiger partial charge in [0.2, 0.25) is 10.0 Å². The molecule has 3 aromatic rings. The van der Waals surface area contributed by atoms with Crippen LogP contribution in [-0.2, 0) is 16.2 Å². The van der Waals surface area contributed by atoms with Crippen LogP contribution in [0.4, 0.5) is 13.2 Å². The summed E-state index contributed by atoms with van der Waals surface area (Å²) in [5.74, 6) is 0.724. The van der Waals surface area contributed by atoms with Crippen molar-refractivity contribution in [1.29, 1.82) is 5.26 Å². The van der Waals surface area contributed by atoms with Crippen LogP contribution in [0.25, 0.3) is 11.4 Å². The summed E-state index contributed by atoms with van der Waals surface area (Å²) in [5, 5.41) is 15.9. The highest BCUT2D eigenvalue weighted by atomic mass is 32.2. The number of H-pyrrole nitrogens is 1. The van der Waals surface area contributed by atoms with Crippen LogP contribution in [-0.4, -0.2) is 34.4 Å².